The Balaban J connectivity index is 1.66. The minimum Gasteiger partial charge on any atom is -0.496 e. The van der Waals surface area contributed by atoms with E-state index in [-0.39, 0.29) is 11.8 Å². The SMILES string of the molecule is COc1cc(C)c(S(=O)(=O)N2CCC(C(=O)NC3CCCC3)CC2)cc1C. The molecule has 3 rings (SSSR count). The molecule has 1 saturated heterocycles. The summed E-state index contributed by atoms with van der Waals surface area (Å²) in [5, 5.41) is 3.14. The summed E-state index contributed by atoms with van der Waals surface area (Å²) < 4.78 is 33.0. The molecule has 1 amide bonds. The molecule has 0 atom stereocenters. The first-order valence-electron chi connectivity index (χ1n) is 9.78. The fourth-order valence-electron chi connectivity index (χ4n) is 4.15. The average Bonchev–Trinajstić information content (AvgIpc) is 3.16. The van der Waals surface area contributed by atoms with Crippen molar-refractivity contribution in [2.24, 2.45) is 5.92 Å². The van der Waals surface area contributed by atoms with E-state index in [9.17, 15) is 13.2 Å². The van der Waals surface area contributed by atoms with Gasteiger partial charge in [0, 0.05) is 25.0 Å². The van der Waals surface area contributed by atoms with Crippen LogP contribution in [0.15, 0.2) is 17.0 Å². The molecule has 2 aliphatic rings. The number of ether oxygens (including phenoxy) is 1. The van der Waals surface area contributed by atoms with Crippen molar-refractivity contribution in [2.45, 2.75) is 63.3 Å². The van der Waals surface area contributed by atoms with Gasteiger partial charge in [0.2, 0.25) is 15.9 Å². The van der Waals surface area contributed by atoms with Crippen LogP contribution in [0.5, 0.6) is 5.75 Å². The maximum atomic E-state index is 13.1. The molecule has 1 heterocycles. The minimum atomic E-state index is -3.57. The molecule has 6 nitrogen and oxygen atoms in total. The highest BCUT2D eigenvalue weighted by Crippen LogP contribution is 2.30. The molecule has 150 valence electrons. The number of benzene rings is 1. The number of nitrogens with zero attached hydrogens (tertiary/aromatic N) is 1. The van der Waals surface area contributed by atoms with Crippen LogP contribution >= 0.6 is 0 Å². The van der Waals surface area contributed by atoms with Crippen LogP contribution in [0.2, 0.25) is 0 Å². The van der Waals surface area contributed by atoms with Crippen molar-refractivity contribution in [3.8, 4) is 5.75 Å². The summed E-state index contributed by atoms with van der Waals surface area (Å²) in [5.74, 6) is 0.694. The number of hydrogen-bond donors (Lipinski definition) is 1. The Bertz CT molecular complexity index is 792. The predicted molar refractivity (Wildman–Crippen MR) is 104 cm³/mol. The van der Waals surface area contributed by atoms with Gasteiger partial charge in [-0.2, -0.15) is 4.31 Å². The van der Waals surface area contributed by atoms with Crippen LogP contribution in [0, 0.1) is 19.8 Å². The fourth-order valence-corrected chi connectivity index (χ4v) is 5.91. The lowest BCUT2D eigenvalue weighted by Crippen LogP contribution is -2.44. The Labute approximate surface area is 162 Å². The monoisotopic (exact) mass is 394 g/mol. The van der Waals surface area contributed by atoms with Crippen LogP contribution in [0.3, 0.4) is 0 Å². The number of amides is 1. The quantitative estimate of drug-likeness (QED) is 0.833. The van der Waals surface area contributed by atoms with Crippen LogP contribution < -0.4 is 10.1 Å². The molecule has 0 aromatic heterocycles. The van der Waals surface area contributed by atoms with E-state index < -0.39 is 10.0 Å². The molecule has 0 bridgehead atoms. The first-order chi connectivity index (χ1) is 12.8. The Kier molecular flexibility index (Phi) is 6.11. The summed E-state index contributed by atoms with van der Waals surface area (Å²) >= 11 is 0. The summed E-state index contributed by atoms with van der Waals surface area (Å²) in [5.41, 5.74) is 1.48. The van der Waals surface area contributed by atoms with Gasteiger partial charge in [-0.05, 0) is 62.8 Å². The molecule has 1 aromatic rings. The number of nitrogens with one attached hydrogen (secondary N) is 1. The number of rotatable bonds is 5. The zero-order chi connectivity index (χ0) is 19.6. The lowest BCUT2D eigenvalue weighted by Gasteiger charge is -2.31. The highest BCUT2D eigenvalue weighted by molar-refractivity contribution is 7.89. The van der Waals surface area contributed by atoms with E-state index in [0.29, 0.717) is 48.2 Å². The van der Waals surface area contributed by atoms with Gasteiger partial charge in [0.15, 0.2) is 0 Å². The average molecular weight is 395 g/mol. The second-order valence-electron chi connectivity index (χ2n) is 7.76. The number of piperidine rings is 1. The molecule has 2 fully saturated rings. The van der Waals surface area contributed by atoms with Crippen molar-refractivity contribution in [2.75, 3.05) is 20.2 Å². The van der Waals surface area contributed by atoms with Gasteiger partial charge in [-0.15, -0.1) is 0 Å². The lowest BCUT2D eigenvalue weighted by molar-refractivity contribution is -0.126. The van der Waals surface area contributed by atoms with Gasteiger partial charge in [0.05, 0.1) is 12.0 Å². The molecule has 0 unspecified atom stereocenters. The van der Waals surface area contributed by atoms with Crippen molar-refractivity contribution in [1.29, 1.82) is 0 Å². The molecule has 1 N–H and O–H groups in total. The Morgan fingerprint density at radius 3 is 2.30 bits per heavy atom. The van der Waals surface area contributed by atoms with Crippen molar-refractivity contribution >= 4 is 15.9 Å². The molecule has 27 heavy (non-hydrogen) atoms. The van der Waals surface area contributed by atoms with E-state index in [2.05, 4.69) is 5.32 Å². The summed E-state index contributed by atoms with van der Waals surface area (Å²) in [6.07, 6.45) is 5.65. The molecule has 0 spiro atoms. The molecule has 1 aromatic carbocycles. The number of carbonyl (C=O) groups is 1. The van der Waals surface area contributed by atoms with Crippen molar-refractivity contribution in [1.82, 2.24) is 9.62 Å². The molecule has 0 radical (unpaired) electrons. The highest BCUT2D eigenvalue weighted by atomic mass is 32.2. The van der Waals surface area contributed by atoms with E-state index in [1.807, 2.05) is 6.92 Å². The third-order valence-electron chi connectivity index (χ3n) is 5.84. The van der Waals surface area contributed by atoms with Crippen molar-refractivity contribution in [3.63, 3.8) is 0 Å². The largest absolute Gasteiger partial charge is 0.496 e. The van der Waals surface area contributed by atoms with Gasteiger partial charge >= 0.3 is 0 Å². The number of sulfonamides is 1. The summed E-state index contributed by atoms with van der Waals surface area (Å²) in [6, 6.07) is 3.76. The van der Waals surface area contributed by atoms with E-state index in [4.69, 9.17) is 4.74 Å². The predicted octanol–water partition coefficient (Wildman–Crippen LogP) is 2.77. The van der Waals surface area contributed by atoms with Crippen molar-refractivity contribution in [3.05, 3.63) is 23.3 Å². The summed E-state index contributed by atoms with van der Waals surface area (Å²) in [6.45, 7) is 4.40. The Hall–Kier alpha value is -1.60. The highest BCUT2D eigenvalue weighted by Gasteiger charge is 2.34. The fraction of sp³-hybridized carbons (Fsp3) is 0.650. The van der Waals surface area contributed by atoms with Crippen LogP contribution in [-0.4, -0.2) is 44.9 Å². The Morgan fingerprint density at radius 1 is 1.07 bits per heavy atom. The normalized spacial score (nSPS) is 20.0. The van der Waals surface area contributed by atoms with Crippen LogP contribution in [0.25, 0.3) is 0 Å². The maximum Gasteiger partial charge on any atom is 0.243 e. The van der Waals surface area contributed by atoms with Gasteiger partial charge in [0.1, 0.15) is 5.75 Å². The topological polar surface area (TPSA) is 75.7 Å². The first kappa shape index (κ1) is 20.1. The standard InChI is InChI=1S/C20H30N2O4S/c1-14-13-19(15(2)12-18(14)26-3)27(24,25)22-10-8-16(9-11-22)20(23)21-17-6-4-5-7-17/h12-13,16-17H,4-11H2,1-3H3,(H,21,23). The molecule has 1 aliphatic heterocycles. The third kappa shape index (κ3) is 4.29. The minimum absolute atomic E-state index is 0.0873. The Morgan fingerprint density at radius 2 is 1.70 bits per heavy atom. The zero-order valence-electron chi connectivity index (χ0n) is 16.5. The second-order valence-corrected chi connectivity index (χ2v) is 9.66. The van der Waals surface area contributed by atoms with E-state index in [0.717, 1.165) is 18.4 Å². The van der Waals surface area contributed by atoms with E-state index >= 15 is 0 Å². The molecule has 1 saturated carbocycles. The molecule has 7 heteroatoms. The first-order valence-corrected chi connectivity index (χ1v) is 11.2. The number of carbonyl (C=O) groups excluding carboxylic acids is 1. The number of aryl methyl sites for hydroxylation is 2. The van der Waals surface area contributed by atoms with Crippen molar-refractivity contribution < 1.29 is 17.9 Å². The molecule has 1 aliphatic carbocycles. The molecular weight excluding hydrogens is 364 g/mol. The smallest absolute Gasteiger partial charge is 0.243 e. The second kappa shape index (κ2) is 8.19. The van der Waals surface area contributed by atoms with Gasteiger partial charge in [-0.3, -0.25) is 4.79 Å². The van der Waals surface area contributed by atoms with Crippen LogP contribution in [0.4, 0.5) is 0 Å². The van der Waals surface area contributed by atoms with Gasteiger partial charge in [-0.25, -0.2) is 8.42 Å². The molecular formula is C20H30N2O4S. The zero-order valence-corrected chi connectivity index (χ0v) is 17.3. The van der Waals surface area contributed by atoms with Gasteiger partial charge < -0.3 is 10.1 Å². The van der Waals surface area contributed by atoms with Crippen LogP contribution in [-0.2, 0) is 14.8 Å². The lowest BCUT2D eigenvalue weighted by atomic mass is 9.97. The van der Waals surface area contributed by atoms with Gasteiger partial charge in [-0.1, -0.05) is 12.8 Å². The van der Waals surface area contributed by atoms with E-state index in [1.54, 1.807) is 26.2 Å². The van der Waals surface area contributed by atoms with Gasteiger partial charge in [0.25, 0.3) is 0 Å². The van der Waals surface area contributed by atoms with Crippen LogP contribution in [0.1, 0.15) is 49.7 Å². The number of hydrogen-bond acceptors (Lipinski definition) is 4. The maximum absolute atomic E-state index is 13.1. The summed E-state index contributed by atoms with van der Waals surface area (Å²) in [4.78, 5) is 12.8. The third-order valence-corrected chi connectivity index (χ3v) is 7.88. The van der Waals surface area contributed by atoms with E-state index in [1.165, 1.54) is 17.1 Å². The number of methoxy groups -OCH3 is 1. The summed E-state index contributed by atoms with van der Waals surface area (Å²) in [7, 11) is -1.98.